The Morgan fingerprint density at radius 2 is 1.83 bits per heavy atom. The van der Waals surface area contributed by atoms with Gasteiger partial charge in [-0.3, -0.25) is 4.98 Å². The van der Waals surface area contributed by atoms with Crippen LogP contribution in [0.5, 0.6) is 5.75 Å². The highest BCUT2D eigenvalue weighted by Gasteiger charge is 2.24. The van der Waals surface area contributed by atoms with E-state index in [-0.39, 0.29) is 6.09 Å². The van der Waals surface area contributed by atoms with Crippen molar-refractivity contribution in [3.63, 3.8) is 0 Å². The molecule has 0 aliphatic rings. The van der Waals surface area contributed by atoms with Gasteiger partial charge >= 0.3 is 6.09 Å². The number of carbonyl (C=O) groups excluding carboxylic acids is 1. The molecule has 0 aliphatic heterocycles. The fraction of sp³-hybridized carbons (Fsp3) is 0.667. The average molecular weight is 322 g/mol. The summed E-state index contributed by atoms with van der Waals surface area (Å²) in [5.74, 6) is 0.573. The van der Waals surface area contributed by atoms with Gasteiger partial charge in [-0.25, -0.2) is 4.79 Å². The van der Waals surface area contributed by atoms with Crippen LogP contribution in [-0.2, 0) is 6.54 Å². The molecule has 1 aromatic rings. The van der Waals surface area contributed by atoms with Gasteiger partial charge in [0, 0.05) is 20.3 Å². The zero-order valence-electron chi connectivity index (χ0n) is 15.3. The van der Waals surface area contributed by atoms with E-state index >= 15 is 0 Å². The van der Waals surface area contributed by atoms with Gasteiger partial charge in [-0.1, -0.05) is 26.7 Å². The van der Waals surface area contributed by atoms with Gasteiger partial charge in [-0.05, 0) is 25.0 Å². The van der Waals surface area contributed by atoms with Crippen LogP contribution in [0.2, 0.25) is 0 Å². The molecule has 0 spiro atoms. The lowest BCUT2D eigenvalue weighted by atomic mass is 10.2. The van der Waals surface area contributed by atoms with Crippen LogP contribution in [0.4, 0.5) is 4.79 Å². The first kappa shape index (κ1) is 19.4. The average Bonchev–Trinajstić information content (AvgIpc) is 2.53. The van der Waals surface area contributed by atoms with Gasteiger partial charge in [-0.2, -0.15) is 0 Å². The van der Waals surface area contributed by atoms with E-state index in [1.807, 2.05) is 12.1 Å². The predicted molar refractivity (Wildman–Crippen MR) is 93.4 cm³/mol. The van der Waals surface area contributed by atoms with Crippen molar-refractivity contribution in [2.75, 3.05) is 34.2 Å². The lowest BCUT2D eigenvalue weighted by Crippen LogP contribution is -2.45. The highest BCUT2D eigenvalue weighted by Crippen LogP contribution is 2.22. The second kappa shape index (κ2) is 9.50. The minimum atomic E-state index is -0.365. The van der Waals surface area contributed by atoms with Crippen LogP contribution in [-0.4, -0.2) is 54.7 Å². The first-order chi connectivity index (χ1) is 10.9. The van der Waals surface area contributed by atoms with E-state index in [0.717, 1.165) is 29.8 Å². The highest BCUT2D eigenvalue weighted by atomic mass is 16.6. The molecule has 0 saturated heterocycles. The molecular weight excluding hydrogens is 290 g/mol. The third kappa shape index (κ3) is 6.57. The molecule has 0 atom stereocenters. The van der Waals surface area contributed by atoms with Crippen LogP contribution in [0.25, 0.3) is 0 Å². The summed E-state index contributed by atoms with van der Waals surface area (Å²) in [5.41, 5.74) is 0.859. The van der Waals surface area contributed by atoms with Crippen LogP contribution in [0.15, 0.2) is 18.3 Å². The number of ether oxygens (including phenoxy) is 1. The minimum absolute atomic E-state index is 0.365. The molecule has 1 amide bonds. The Bertz CT molecular complexity index is 481. The van der Waals surface area contributed by atoms with E-state index in [9.17, 15) is 4.79 Å². The summed E-state index contributed by atoms with van der Waals surface area (Å²) in [6.45, 7) is 7.46. The molecule has 0 N–H and O–H groups in total. The fourth-order valence-corrected chi connectivity index (χ4v) is 2.53. The first-order valence-electron chi connectivity index (χ1n) is 8.58. The number of unbranched alkanes of at least 4 members (excludes halogenated alkanes) is 2. The van der Waals surface area contributed by atoms with Crippen molar-refractivity contribution >= 4 is 6.09 Å². The normalized spacial score (nSPS) is 11.3. The van der Waals surface area contributed by atoms with E-state index in [1.165, 1.54) is 30.6 Å². The Kier molecular flexibility index (Phi) is 8.03. The SMILES string of the molecule is CCCC[N+](C)(CCCC)Cc1ncccc1OC(=O)N(C)C. The molecule has 5 nitrogen and oxygen atoms in total. The molecule has 1 rings (SSSR count). The van der Waals surface area contributed by atoms with Gasteiger partial charge in [0.1, 0.15) is 12.2 Å². The van der Waals surface area contributed by atoms with E-state index in [4.69, 9.17) is 4.74 Å². The number of hydrogen-bond donors (Lipinski definition) is 0. The molecule has 23 heavy (non-hydrogen) atoms. The summed E-state index contributed by atoms with van der Waals surface area (Å²) in [4.78, 5) is 17.8. The van der Waals surface area contributed by atoms with Crippen LogP contribution in [0.1, 0.15) is 45.2 Å². The van der Waals surface area contributed by atoms with Crippen LogP contribution >= 0.6 is 0 Å². The number of nitrogens with zero attached hydrogens (tertiary/aromatic N) is 3. The lowest BCUT2D eigenvalue weighted by Gasteiger charge is -2.34. The third-order valence-corrected chi connectivity index (χ3v) is 4.05. The Labute approximate surface area is 140 Å². The summed E-state index contributed by atoms with van der Waals surface area (Å²) in [6, 6.07) is 3.64. The van der Waals surface area contributed by atoms with Crippen molar-refractivity contribution in [3.8, 4) is 5.75 Å². The van der Waals surface area contributed by atoms with Crippen LogP contribution < -0.4 is 4.74 Å². The number of aromatic nitrogens is 1. The predicted octanol–water partition coefficient (Wildman–Crippen LogP) is 3.69. The van der Waals surface area contributed by atoms with Crippen molar-refractivity contribution in [2.45, 2.75) is 46.1 Å². The summed E-state index contributed by atoms with van der Waals surface area (Å²) in [7, 11) is 5.64. The highest BCUT2D eigenvalue weighted by molar-refractivity contribution is 5.70. The van der Waals surface area contributed by atoms with Gasteiger partial charge < -0.3 is 14.1 Å². The minimum Gasteiger partial charge on any atom is -0.408 e. The lowest BCUT2D eigenvalue weighted by molar-refractivity contribution is -0.923. The van der Waals surface area contributed by atoms with E-state index < -0.39 is 0 Å². The Morgan fingerprint density at radius 1 is 1.22 bits per heavy atom. The Hall–Kier alpha value is -1.62. The second-order valence-electron chi connectivity index (χ2n) is 6.64. The van der Waals surface area contributed by atoms with Crippen molar-refractivity contribution in [3.05, 3.63) is 24.0 Å². The molecule has 5 heteroatoms. The molecule has 0 unspecified atom stereocenters. The van der Waals surface area contributed by atoms with Gasteiger partial charge in [0.2, 0.25) is 0 Å². The number of pyridine rings is 1. The molecule has 0 saturated carbocycles. The van der Waals surface area contributed by atoms with Crippen LogP contribution in [0.3, 0.4) is 0 Å². The number of carbonyl (C=O) groups is 1. The zero-order valence-corrected chi connectivity index (χ0v) is 15.3. The summed E-state index contributed by atoms with van der Waals surface area (Å²) < 4.78 is 6.41. The molecule has 0 aromatic carbocycles. The maximum absolute atomic E-state index is 11.8. The summed E-state index contributed by atoms with van der Waals surface area (Å²) >= 11 is 0. The standard InChI is InChI=1S/C18H32N3O2/c1-6-8-13-21(5,14-9-7-2)15-16-17(11-10-12-19-16)23-18(22)20(3)4/h10-12H,6-9,13-15H2,1-5H3/q+1. The molecule has 1 heterocycles. The zero-order chi connectivity index (χ0) is 17.3. The van der Waals surface area contributed by atoms with Gasteiger partial charge in [0.15, 0.2) is 5.75 Å². The quantitative estimate of drug-likeness (QED) is 0.651. The summed E-state index contributed by atoms with van der Waals surface area (Å²) in [5, 5.41) is 0. The second-order valence-corrected chi connectivity index (χ2v) is 6.64. The molecule has 0 bridgehead atoms. The van der Waals surface area contributed by atoms with E-state index in [2.05, 4.69) is 25.9 Å². The molecule has 0 fully saturated rings. The molecule has 1 aromatic heterocycles. The smallest absolute Gasteiger partial charge is 0.408 e. The Balaban J connectivity index is 2.92. The van der Waals surface area contributed by atoms with E-state index in [0.29, 0.717) is 5.75 Å². The topological polar surface area (TPSA) is 42.4 Å². The van der Waals surface area contributed by atoms with Gasteiger partial charge in [0.05, 0.1) is 20.1 Å². The van der Waals surface area contributed by atoms with Crippen LogP contribution in [0, 0.1) is 0 Å². The van der Waals surface area contributed by atoms with Gasteiger partial charge in [0.25, 0.3) is 0 Å². The molecular formula is C18H32N3O2+. The Morgan fingerprint density at radius 3 is 2.35 bits per heavy atom. The largest absolute Gasteiger partial charge is 0.414 e. The third-order valence-electron chi connectivity index (χ3n) is 4.05. The van der Waals surface area contributed by atoms with Crippen molar-refractivity contribution in [1.29, 1.82) is 0 Å². The monoisotopic (exact) mass is 322 g/mol. The molecule has 130 valence electrons. The fourth-order valence-electron chi connectivity index (χ4n) is 2.53. The van der Waals surface area contributed by atoms with Crippen molar-refractivity contribution in [2.24, 2.45) is 0 Å². The number of amides is 1. The van der Waals surface area contributed by atoms with Crippen molar-refractivity contribution in [1.82, 2.24) is 9.88 Å². The first-order valence-corrected chi connectivity index (χ1v) is 8.58. The number of hydrogen-bond acceptors (Lipinski definition) is 3. The maximum atomic E-state index is 11.8. The number of rotatable bonds is 9. The van der Waals surface area contributed by atoms with Gasteiger partial charge in [-0.15, -0.1) is 0 Å². The maximum Gasteiger partial charge on any atom is 0.414 e. The number of quaternary nitrogens is 1. The van der Waals surface area contributed by atoms with E-state index in [1.54, 1.807) is 20.3 Å². The van der Waals surface area contributed by atoms with Crippen molar-refractivity contribution < 1.29 is 14.0 Å². The summed E-state index contributed by atoms with van der Waals surface area (Å²) in [6.07, 6.45) is 6.16. The molecule has 0 radical (unpaired) electrons. The molecule has 0 aliphatic carbocycles.